The Bertz CT molecular complexity index is 903. The van der Waals surface area contributed by atoms with Gasteiger partial charge in [0.25, 0.3) is 0 Å². The average Bonchev–Trinajstić information content (AvgIpc) is 3.08. The lowest BCUT2D eigenvalue weighted by Gasteiger charge is -2.32. The molecule has 0 spiro atoms. The highest BCUT2D eigenvalue weighted by Crippen LogP contribution is 2.36. The van der Waals surface area contributed by atoms with E-state index in [1.54, 1.807) is 6.07 Å². The largest absolute Gasteiger partial charge is 0.278 e. The Kier molecular flexibility index (Phi) is 5.77. The van der Waals surface area contributed by atoms with Crippen LogP contribution in [0.4, 0.5) is 4.39 Å². The summed E-state index contributed by atoms with van der Waals surface area (Å²) < 4.78 is 14.3. The van der Waals surface area contributed by atoms with Crippen molar-refractivity contribution in [2.24, 2.45) is 0 Å². The van der Waals surface area contributed by atoms with Crippen LogP contribution in [0.1, 0.15) is 28.4 Å². The Morgan fingerprint density at radius 2 is 1.39 bits per heavy atom. The third kappa shape index (κ3) is 3.97. The van der Waals surface area contributed by atoms with Crippen molar-refractivity contribution >= 4 is 11.6 Å². The van der Waals surface area contributed by atoms with Gasteiger partial charge in [-0.1, -0.05) is 72.3 Å². The van der Waals surface area contributed by atoms with Crippen LogP contribution in [0, 0.1) is 12.7 Å². The third-order valence-electron chi connectivity index (χ3n) is 5.52. The van der Waals surface area contributed by atoms with Gasteiger partial charge in [0.05, 0.1) is 6.17 Å². The Balaban J connectivity index is 1.66. The maximum absolute atomic E-state index is 14.3. The highest BCUT2D eigenvalue weighted by atomic mass is 35.5. The lowest BCUT2D eigenvalue weighted by Crippen LogP contribution is -2.31. The van der Waals surface area contributed by atoms with Gasteiger partial charge in [-0.2, -0.15) is 0 Å². The quantitative estimate of drug-likeness (QED) is 0.539. The van der Waals surface area contributed by atoms with Gasteiger partial charge in [-0.25, -0.2) is 4.39 Å². The summed E-state index contributed by atoms with van der Waals surface area (Å²) in [5.41, 5.74) is 4.39. The van der Waals surface area contributed by atoms with Gasteiger partial charge >= 0.3 is 0 Å². The molecule has 1 aliphatic rings. The molecule has 0 radical (unpaired) electrons. The van der Waals surface area contributed by atoms with Crippen LogP contribution in [-0.2, 0) is 13.1 Å². The first kappa shape index (κ1) is 19.1. The minimum Gasteiger partial charge on any atom is -0.278 e. The molecule has 1 saturated heterocycles. The van der Waals surface area contributed by atoms with E-state index in [1.807, 2.05) is 30.3 Å². The van der Waals surface area contributed by atoms with E-state index >= 15 is 0 Å². The predicted molar refractivity (Wildman–Crippen MR) is 113 cm³/mol. The monoisotopic (exact) mass is 394 g/mol. The van der Waals surface area contributed by atoms with E-state index < -0.39 is 0 Å². The molecule has 1 fully saturated rings. The normalized spacial score (nSPS) is 17.9. The van der Waals surface area contributed by atoms with E-state index in [9.17, 15) is 4.39 Å². The summed E-state index contributed by atoms with van der Waals surface area (Å²) in [5.74, 6) is -0.155. The van der Waals surface area contributed by atoms with Crippen molar-refractivity contribution < 1.29 is 4.39 Å². The fraction of sp³-hybridized carbons (Fsp3) is 0.250. The van der Waals surface area contributed by atoms with Crippen LogP contribution >= 0.6 is 11.6 Å². The van der Waals surface area contributed by atoms with E-state index in [0.29, 0.717) is 6.54 Å². The Morgan fingerprint density at radius 3 is 2.07 bits per heavy atom. The van der Waals surface area contributed by atoms with Crippen molar-refractivity contribution in [3.63, 3.8) is 0 Å². The van der Waals surface area contributed by atoms with Gasteiger partial charge in [-0.3, -0.25) is 9.80 Å². The zero-order valence-corrected chi connectivity index (χ0v) is 16.7. The standard InChI is InChI=1S/C24H24ClFN2/c1-18-8-2-3-9-19(18)16-27-14-15-28(17-20-10-4-7-13-23(20)26)24(27)21-11-5-6-12-22(21)25/h2-13,24H,14-17H2,1H3. The topological polar surface area (TPSA) is 6.48 Å². The average molecular weight is 395 g/mol. The number of hydrogen-bond donors (Lipinski definition) is 0. The molecule has 28 heavy (non-hydrogen) atoms. The number of nitrogens with zero attached hydrogens (tertiary/aromatic N) is 2. The lowest BCUT2D eigenvalue weighted by molar-refractivity contribution is 0.124. The van der Waals surface area contributed by atoms with Gasteiger partial charge in [-0.05, 0) is 30.2 Å². The van der Waals surface area contributed by atoms with E-state index in [0.717, 1.165) is 35.8 Å². The van der Waals surface area contributed by atoms with E-state index in [4.69, 9.17) is 11.6 Å². The van der Waals surface area contributed by atoms with Crippen LogP contribution in [0.2, 0.25) is 5.02 Å². The second-order valence-corrected chi connectivity index (χ2v) is 7.76. The molecule has 0 aromatic heterocycles. The van der Waals surface area contributed by atoms with Crippen molar-refractivity contribution in [3.05, 3.63) is 106 Å². The van der Waals surface area contributed by atoms with Crippen LogP contribution in [0.5, 0.6) is 0 Å². The third-order valence-corrected chi connectivity index (χ3v) is 5.86. The molecule has 4 heteroatoms. The summed E-state index contributed by atoms with van der Waals surface area (Å²) in [5, 5.41) is 0.753. The van der Waals surface area contributed by atoms with Gasteiger partial charge < -0.3 is 0 Å². The number of rotatable bonds is 5. The maximum atomic E-state index is 14.3. The SMILES string of the molecule is Cc1ccccc1CN1CCN(Cc2ccccc2F)C1c1ccccc1Cl. The van der Waals surface area contributed by atoms with Crippen LogP contribution < -0.4 is 0 Å². The molecule has 3 aromatic carbocycles. The summed E-state index contributed by atoms with van der Waals surface area (Å²) in [6.07, 6.45) is 0.0212. The minimum absolute atomic E-state index is 0.0212. The van der Waals surface area contributed by atoms with Crippen molar-refractivity contribution in [3.8, 4) is 0 Å². The van der Waals surface area contributed by atoms with Gasteiger partial charge in [0.2, 0.25) is 0 Å². The molecule has 1 heterocycles. The van der Waals surface area contributed by atoms with Crippen molar-refractivity contribution in [2.45, 2.75) is 26.2 Å². The first-order chi connectivity index (χ1) is 13.6. The highest BCUT2D eigenvalue weighted by molar-refractivity contribution is 6.31. The first-order valence-electron chi connectivity index (χ1n) is 9.64. The Labute approximate surface area is 171 Å². The fourth-order valence-corrected chi connectivity index (χ4v) is 4.23. The highest BCUT2D eigenvalue weighted by Gasteiger charge is 2.34. The van der Waals surface area contributed by atoms with Crippen molar-refractivity contribution in [1.29, 1.82) is 0 Å². The number of halogens is 2. The molecular weight excluding hydrogens is 371 g/mol. The van der Waals surface area contributed by atoms with E-state index in [-0.39, 0.29) is 12.0 Å². The molecule has 0 amide bonds. The summed E-state index contributed by atoms with van der Waals surface area (Å²) in [4.78, 5) is 4.75. The number of hydrogen-bond acceptors (Lipinski definition) is 2. The Hall–Kier alpha value is -2.20. The van der Waals surface area contributed by atoms with Crippen molar-refractivity contribution in [2.75, 3.05) is 13.1 Å². The van der Waals surface area contributed by atoms with E-state index in [1.165, 1.54) is 17.2 Å². The molecule has 3 aromatic rings. The number of aryl methyl sites for hydroxylation is 1. The fourth-order valence-electron chi connectivity index (χ4n) is 3.99. The Morgan fingerprint density at radius 1 is 0.821 bits per heavy atom. The van der Waals surface area contributed by atoms with Crippen molar-refractivity contribution in [1.82, 2.24) is 9.80 Å². The molecular formula is C24H24ClFN2. The van der Waals surface area contributed by atoms with Crippen LogP contribution in [-0.4, -0.2) is 22.9 Å². The van der Waals surface area contributed by atoms with Gasteiger partial charge in [-0.15, -0.1) is 0 Å². The summed E-state index contributed by atoms with van der Waals surface area (Å²) in [6, 6.07) is 23.5. The molecule has 2 nitrogen and oxygen atoms in total. The maximum Gasteiger partial charge on any atom is 0.127 e. The second-order valence-electron chi connectivity index (χ2n) is 7.35. The molecule has 1 atom stereocenters. The molecule has 0 aliphatic carbocycles. The summed E-state index contributed by atoms with van der Waals surface area (Å²) in [7, 11) is 0. The first-order valence-corrected chi connectivity index (χ1v) is 10.0. The second kappa shape index (κ2) is 8.44. The van der Waals surface area contributed by atoms with Gasteiger partial charge in [0, 0.05) is 42.3 Å². The molecule has 0 saturated carbocycles. The molecule has 4 rings (SSSR count). The minimum atomic E-state index is -0.155. The van der Waals surface area contributed by atoms with Crippen LogP contribution in [0.25, 0.3) is 0 Å². The lowest BCUT2D eigenvalue weighted by atomic mass is 10.1. The smallest absolute Gasteiger partial charge is 0.127 e. The molecule has 1 aliphatic heterocycles. The van der Waals surface area contributed by atoms with Crippen LogP contribution in [0.15, 0.2) is 72.8 Å². The van der Waals surface area contributed by atoms with Gasteiger partial charge in [0.15, 0.2) is 0 Å². The molecule has 0 N–H and O–H groups in total. The zero-order chi connectivity index (χ0) is 19.5. The van der Waals surface area contributed by atoms with E-state index in [2.05, 4.69) is 47.1 Å². The zero-order valence-electron chi connectivity index (χ0n) is 16.0. The molecule has 1 unspecified atom stereocenters. The van der Waals surface area contributed by atoms with Crippen LogP contribution in [0.3, 0.4) is 0 Å². The molecule has 0 bridgehead atoms. The summed E-state index contributed by atoms with van der Waals surface area (Å²) in [6.45, 7) is 5.34. The van der Waals surface area contributed by atoms with Gasteiger partial charge in [0.1, 0.15) is 5.82 Å². The predicted octanol–water partition coefficient (Wildman–Crippen LogP) is 5.80. The number of benzene rings is 3. The summed E-state index contributed by atoms with van der Waals surface area (Å²) >= 11 is 6.58. The molecule has 144 valence electrons.